The summed E-state index contributed by atoms with van der Waals surface area (Å²) >= 11 is 1.50. The first-order valence-electron chi connectivity index (χ1n) is 7.30. The van der Waals surface area contributed by atoms with E-state index in [9.17, 15) is 4.79 Å². The summed E-state index contributed by atoms with van der Waals surface area (Å²) < 4.78 is 8.14. The molecule has 0 amide bonds. The lowest BCUT2D eigenvalue weighted by Crippen LogP contribution is -2.20. The maximum atomic E-state index is 12.3. The van der Waals surface area contributed by atoms with E-state index < -0.39 is 0 Å². The molecule has 0 bridgehead atoms. The van der Waals surface area contributed by atoms with Crippen LogP contribution >= 0.6 is 11.3 Å². The van der Waals surface area contributed by atoms with E-state index in [1.165, 1.54) is 24.2 Å². The molecule has 0 radical (unpaired) electrons. The Morgan fingerprint density at radius 3 is 3.20 bits per heavy atom. The van der Waals surface area contributed by atoms with Crippen molar-refractivity contribution in [1.82, 2.24) is 9.55 Å². The fourth-order valence-electron chi connectivity index (χ4n) is 2.75. The summed E-state index contributed by atoms with van der Waals surface area (Å²) in [7, 11) is 0. The standard InChI is InChI=1S/C15H20N2O2S/c1-11-9-20-14-13(11)16-10-17(15(14)18)7-3-2-5-12-6-4-8-19-12/h9-10,12H,2-8H2,1H3/t12-/m1/s1. The first kappa shape index (κ1) is 13.8. The number of aromatic nitrogens is 2. The molecule has 5 heteroatoms. The van der Waals surface area contributed by atoms with Crippen LogP contribution in [0, 0.1) is 6.92 Å². The SMILES string of the molecule is Cc1csc2c(=O)n(CCCC[C@@H]3CCCO3)cnc12. The third-order valence-corrected chi connectivity index (χ3v) is 5.00. The average Bonchev–Trinajstić information content (AvgIpc) is 3.08. The monoisotopic (exact) mass is 292 g/mol. The summed E-state index contributed by atoms with van der Waals surface area (Å²) in [5.41, 5.74) is 2.05. The zero-order valence-electron chi connectivity index (χ0n) is 11.8. The predicted octanol–water partition coefficient (Wildman–Crippen LogP) is 3.12. The highest BCUT2D eigenvalue weighted by molar-refractivity contribution is 7.17. The molecule has 0 spiro atoms. The summed E-state index contributed by atoms with van der Waals surface area (Å²) in [5, 5.41) is 2.00. The van der Waals surface area contributed by atoms with E-state index in [-0.39, 0.29) is 5.56 Å². The van der Waals surface area contributed by atoms with Crippen LogP contribution in [-0.4, -0.2) is 22.3 Å². The Morgan fingerprint density at radius 1 is 1.50 bits per heavy atom. The average molecular weight is 292 g/mol. The molecule has 0 aliphatic carbocycles. The van der Waals surface area contributed by atoms with Crippen molar-refractivity contribution in [2.24, 2.45) is 0 Å². The lowest BCUT2D eigenvalue weighted by atomic mass is 10.1. The Hall–Kier alpha value is -1.20. The minimum absolute atomic E-state index is 0.102. The van der Waals surface area contributed by atoms with Gasteiger partial charge in [-0.05, 0) is 50.0 Å². The van der Waals surface area contributed by atoms with Crippen molar-refractivity contribution in [3.05, 3.63) is 27.6 Å². The molecular weight excluding hydrogens is 272 g/mol. The number of nitrogens with zero attached hydrogens (tertiary/aromatic N) is 2. The van der Waals surface area contributed by atoms with Crippen molar-refractivity contribution < 1.29 is 4.74 Å². The minimum atomic E-state index is 0.102. The van der Waals surface area contributed by atoms with Crippen LogP contribution < -0.4 is 5.56 Å². The Morgan fingerprint density at radius 2 is 2.40 bits per heavy atom. The molecule has 2 aromatic heterocycles. The highest BCUT2D eigenvalue weighted by Crippen LogP contribution is 2.20. The molecular formula is C15H20N2O2S. The molecule has 1 atom stereocenters. The molecule has 1 aliphatic heterocycles. The summed E-state index contributed by atoms with van der Waals surface area (Å²) in [6.07, 6.45) is 7.77. The molecule has 1 aliphatic rings. The number of unbranched alkanes of at least 4 members (excludes halogenated alkanes) is 1. The van der Waals surface area contributed by atoms with E-state index in [0.717, 1.165) is 48.2 Å². The van der Waals surface area contributed by atoms with Crippen LogP contribution in [0.3, 0.4) is 0 Å². The summed E-state index contributed by atoms with van der Waals surface area (Å²) in [4.78, 5) is 16.7. The van der Waals surface area contributed by atoms with Crippen molar-refractivity contribution in [2.45, 2.75) is 51.7 Å². The van der Waals surface area contributed by atoms with Gasteiger partial charge in [-0.3, -0.25) is 9.36 Å². The van der Waals surface area contributed by atoms with Gasteiger partial charge in [0.25, 0.3) is 5.56 Å². The topological polar surface area (TPSA) is 44.1 Å². The van der Waals surface area contributed by atoms with Gasteiger partial charge in [0.1, 0.15) is 4.70 Å². The van der Waals surface area contributed by atoms with Crippen molar-refractivity contribution in [1.29, 1.82) is 0 Å². The fraction of sp³-hybridized carbons (Fsp3) is 0.600. The molecule has 1 fully saturated rings. The predicted molar refractivity (Wildman–Crippen MR) is 81.4 cm³/mol. The lowest BCUT2D eigenvalue weighted by Gasteiger charge is -2.09. The van der Waals surface area contributed by atoms with E-state index in [1.54, 1.807) is 10.9 Å². The molecule has 1 saturated heterocycles. The maximum Gasteiger partial charge on any atom is 0.271 e. The zero-order chi connectivity index (χ0) is 13.9. The number of rotatable bonds is 5. The second-order valence-corrected chi connectivity index (χ2v) is 6.35. The molecule has 0 aromatic carbocycles. The van der Waals surface area contributed by atoms with Crippen molar-refractivity contribution in [3.8, 4) is 0 Å². The van der Waals surface area contributed by atoms with Crippen LogP contribution in [-0.2, 0) is 11.3 Å². The molecule has 0 saturated carbocycles. The summed E-state index contributed by atoms with van der Waals surface area (Å²) in [6.45, 7) is 3.67. The van der Waals surface area contributed by atoms with Gasteiger partial charge >= 0.3 is 0 Å². The Bertz CT molecular complexity index is 641. The summed E-state index contributed by atoms with van der Waals surface area (Å²) in [6, 6.07) is 0. The second-order valence-electron chi connectivity index (χ2n) is 5.47. The highest BCUT2D eigenvalue weighted by atomic mass is 32.1. The number of thiophene rings is 1. The Labute approximate surface area is 122 Å². The van der Waals surface area contributed by atoms with E-state index in [1.807, 2.05) is 12.3 Å². The van der Waals surface area contributed by atoms with Crippen molar-refractivity contribution >= 4 is 21.6 Å². The summed E-state index contributed by atoms with van der Waals surface area (Å²) in [5.74, 6) is 0. The van der Waals surface area contributed by atoms with Crippen LogP contribution in [0.2, 0.25) is 0 Å². The molecule has 108 valence electrons. The van der Waals surface area contributed by atoms with Crippen LogP contribution in [0.1, 0.15) is 37.7 Å². The van der Waals surface area contributed by atoms with Crippen LogP contribution in [0.4, 0.5) is 0 Å². The van der Waals surface area contributed by atoms with E-state index >= 15 is 0 Å². The van der Waals surface area contributed by atoms with Gasteiger partial charge in [0, 0.05) is 13.2 Å². The minimum Gasteiger partial charge on any atom is -0.378 e. The lowest BCUT2D eigenvalue weighted by molar-refractivity contribution is 0.102. The Kier molecular flexibility index (Phi) is 4.17. The fourth-order valence-corrected chi connectivity index (χ4v) is 3.70. The number of fused-ring (bicyclic) bond motifs is 1. The number of aryl methyl sites for hydroxylation is 2. The number of ether oxygens (including phenoxy) is 1. The van der Waals surface area contributed by atoms with Gasteiger partial charge in [-0.1, -0.05) is 0 Å². The van der Waals surface area contributed by atoms with Crippen molar-refractivity contribution in [2.75, 3.05) is 6.61 Å². The van der Waals surface area contributed by atoms with Crippen LogP contribution in [0.25, 0.3) is 10.2 Å². The Balaban J connectivity index is 1.60. The van der Waals surface area contributed by atoms with Gasteiger partial charge in [-0.2, -0.15) is 0 Å². The third kappa shape index (κ3) is 2.79. The molecule has 0 N–H and O–H groups in total. The molecule has 0 unspecified atom stereocenters. The van der Waals surface area contributed by atoms with E-state index in [4.69, 9.17) is 4.74 Å². The van der Waals surface area contributed by atoms with Gasteiger partial charge in [0.2, 0.25) is 0 Å². The van der Waals surface area contributed by atoms with Gasteiger partial charge in [-0.25, -0.2) is 4.98 Å². The smallest absolute Gasteiger partial charge is 0.271 e. The van der Waals surface area contributed by atoms with E-state index in [2.05, 4.69) is 4.98 Å². The first-order chi connectivity index (χ1) is 9.75. The maximum absolute atomic E-state index is 12.3. The highest BCUT2D eigenvalue weighted by Gasteiger charge is 2.14. The quantitative estimate of drug-likeness (QED) is 0.795. The number of hydrogen-bond donors (Lipinski definition) is 0. The van der Waals surface area contributed by atoms with Crippen LogP contribution in [0.5, 0.6) is 0 Å². The molecule has 3 rings (SSSR count). The molecule has 3 heterocycles. The van der Waals surface area contributed by atoms with Gasteiger partial charge < -0.3 is 4.74 Å². The molecule has 4 nitrogen and oxygen atoms in total. The normalized spacial score (nSPS) is 18.9. The van der Waals surface area contributed by atoms with Crippen LogP contribution in [0.15, 0.2) is 16.5 Å². The number of hydrogen-bond acceptors (Lipinski definition) is 4. The second kappa shape index (κ2) is 6.06. The van der Waals surface area contributed by atoms with Crippen molar-refractivity contribution in [3.63, 3.8) is 0 Å². The largest absolute Gasteiger partial charge is 0.378 e. The van der Waals surface area contributed by atoms with Gasteiger partial charge in [0.05, 0.1) is 17.9 Å². The zero-order valence-corrected chi connectivity index (χ0v) is 12.6. The molecule has 2 aromatic rings. The van der Waals surface area contributed by atoms with E-state index in [0.29, 0.717) is 6.10 Å². The van der Waals surface area contributed by atoms with Gasteiger partial charge in [-0.15, -0.1) is 11.3 Å². The third-order valence-electron chi connectivity index (χ3n) is 3.92. The first-order valence-corrected chi connectivity index (χ1v) is 8.18. The van der Waals surface area contributed by atoms with Gasteiger partial charge in [0.15, 0.2) is 0 Å². The molecule has 20 heavy (non-hydrogen) atoms.